The molecule has 0 aliphatic carbocycles. The Labute approximate surface area is 190 Å². The molecule has 7 nitrogen and oxygen atoms in total. The molecular weight excluding hydrogens is 446 g/mol. The summed E-state index contributed by atoms with van der Waals surface area (Å²) in [5.74, 6) is 0.335. The Balaban J connectivity index is 1.80. The summed E-state index contributed by atoms with van der Waals surface area (Å²) in [6, 6.07) is 15.2. The second-order valence-electron chi connectivity index (χ2n) is 7.27. The van der Waals surface area contributed by atoms with Crippen LogP contribution in [0.2, 0.25) is 0 Å². The van der Waals surface area contributed by atoms with Crippen LogP contribution in [0.1, 0.15) is 21.6 Å². The maximum absolute atomic E-state index is 13.5. The van der Waals surface area contributed by atoms with Crippen LogP contribution >= 0.6 is 11.3 Å². The largest absolute Gasteiger partial charge is 0.494 e. The highest BCUT2D eigenvalue weighted by molar-refractivity contribution is 7.90. The number of aryl methyl sites for hydroxylation is 1. The van der Waals surface area contributed by atoms with Crippen LogP contribution in [0.3, 0.4) is 0 Å². The lowest BCUT2D eigenvalue weighted by Gasteiger charge is -2.19. The van der Waals surface area contributed by atoms with Gasteiger partial charge in [-0.2, -0.15) is 0 Å². The van der Waals surface area contributed by atoms with Crippen molar-refractivity contribution < 1.29 is 17.9 Å². The Kier molecular flexibility index (Phi) is 5.94. The summed E-state index contributed by atoms with van der Waals surface area (Å²) in [5, 5.41) is 0.510. The average Bonchev–Trinajstić information content (AvgIpc) is 3.24. The van der Waals surface area contributed by atoms with Crippen molar-refractivity contribution in [2.75, 3.05) is 18.3 Å². The van der Waals surface area contributed by atoms with E-state index in [9.17, 15) is 13.2 Å². The molecular formula is C23H21N3O4S2. The Hall–Kier alpha value is -3.30. The van der Waals surface area contributed by atoms with Gasteiger partial charge in [0.1, 0.15) is 11.3 Å². The number of pyridine rings is 1. The number of benzene rings is 2. The third-order valence-corrected chi connectivity index (χ3v) is 7.31. The molecule has 2 heterocycles. The van der Waals surface area contributed by atoms with Gasteiger partial charge < -0.3 is 4.74 Å². The maximum atomic E-state index is 13.5. The van der Waals surface area contributed by atoms with Crippen molar-refractivity contribution in [1.29, 1.82) is 0 Å². The van der Waals surface area contributed by atoms with Crippen molar-refractivity contribution in [1.82, 2.24) is 9.97 Å². The van der Waals surface area contributed by atoms with E-state index in [0.717, 1.165) is 16.5 Å². The van der Waals surface area contributed by atoms with E-state index in [1.807, 2.05) is 37.3 Å². The molecule has 2 aromatic carbocycles. The van der Waals surface area contributed by atoms with Gasteiger partial charge in [-0.1, -0.05) is 23.5 Å². The zero-order chi connectivity index (χ0) is 22.9. The summed E-state index contributed by atoms with van der Waals surface area (Å²) in [6.07, 6.45) is 2.80. The Bertz CT molecular complexity index is 1380. The second-order valence-corrected chi connectivity index (χ2v) is 10.3. The molecule has 4 rings (SSSR count). The van der Waals surface area contributed by atoms with Gasteiger partial charge in [-0.25, -0.2) is 13.4 Å². The van der Waals surface area contributed by atoms with Crippen LogP contribution in [0.4, 0.5) is 5.13 Å². The van der Waals surface area contributed by atoms with Gasteiger partial charge in [0, 0.05) is 18.0 Å². The smallest absolute Gasteiger partial charge is 0.260 e. The van der Waals surface area contributed by atoms with E-state index in [-0.39, 0.29) is 17.3 Å². The number of ether oxygens (including phenoxy) is 1. The predicted molar refractivity (Wildman–Crippen MR) is 125 cm³/mol. The van der Waals surface area contributed by atoms with Crippen LogP contribution in [0.25, 0.3) is 10.2 Å². The number of aromatic nitrogens is 2. The number of fused-ring (bicyclic) bond motifs is 1. The van der Waals surface area contributed by atoms with Crippen LogP contribution in [0.15, 0.2) is 65.7 Å². The highest BCUT2D eigenvalue weighted by Crippen LogP contribution is 2.37. The van der Waals surface area contributed by atoms with E-state index in [4.69, 9.17) is 9.72 Å². The first-order valence-corrected chi connectivity index (χ1v) is 12.4. The number of methoxy groups -OCH3 is 1. The third kappa shape index (κ3) is 4.35. The fraction of sp³-hybridized carbons (Fsp3) is 0.174. The van der Waals surface area contributed by atoms with Gasteiger partial charge in [-0.05, 0) is 55.0 Å². The van der Waals surface area contributed by atoms with Gasteiger partial charge in [0.05, 0.1) is 28.9 Å². The van der Waals surface area contributed by atoms with Crippen molar-refractivity contribution in [3.05, 3.63) is 77.6 Å². The zero-order valence-corrected chi connectivity index (χ0v) is 19.4. The Morgan fingerprint density at radius 2 is 1.84 bits per heavy atom. The van der Waals surface area contributed by atoms with E-state index in [0.29, 0.717) is 27.7 Å². The lowest BCUT2D eigenvalue weighted by atomic mass is 10.2. The number of nitrogens with zero attached hydrogens (tertiary/aromatic N) is 3. The molecule has 0 N–H and O–H groups in total. The molecule has 0 fully saturated rings. The number of amides is 1. The molecule has 0 aliphatic heterocycles. The number of thiazole rings is 1. The van der Waals surface area contributed by atoms with Gasteiger partial charge in [-0.3, -0.25) is 14.7 Å². The highest BCUT2D eigenvalue weighted by Gasteiger charge is 2.24. The summed E-state index contributed by atoms with van der Waals surface area (Å²) >= 11 is 1.40. The van der Waals surface area contributed by atoms with E-state index < -0.39 is 9.84 Å². The molecule has 1 amide bonds. The summed E-state index contributed by atoms with van der Waals surface area (Å²) < 4.78 is 29.9. The molecule has 0 spiro atoms. The minimum atomic E-state index is -3.36. The lowest BCUT2D eigenvalue weighted by molar-refractivity contribution is 0.0984. The van der Waals surface area contributed by atoms with E-state index >= 15 is 0 Å². The van der Waals surface area contributed by atoms with Gasteiger partial charge >= 0.3 is 0 Å². The summed E-state index contributed by atoms with van der Waals surface area (Å²) in [5.41, 5.74) is 2.79. The molecule has 0 aliphatic rings. The van der Waals surface area contributed by atoms with Gasteiger partial charge in [0.25, 0.3) is 5.91 Å². The van der Waals surface area contributed by atoms with Crippen molar-refractivity contribution in [3.63, 3.8) is 0 Å². The molecule has 0 atom stereocenters. The van der Waals surface area contributed by atoms with Crippen LogP contribution in [-0.4, -0.2) is 37.7 Å². The first-order chi connectivity index (χ1) is 15.3. The molecule has 0 unspecified atom stereocenters. The van der Waals surface area contributed by atoms with E-state index in [1.165, 1.54) is 35.6 Å². The topological polar surface area (TPSA) is 89.5 Å². The number of carbonyl (C=O) groups is 1. The number of anilines is 1. The Morgan fingerprint density at radius 3 is 2.47 bits per heavy atom. The quantitative estimate of drug-likeness (QED) is 0.421. The van der Waals surface area contributed by atoms with Crippen molar-refractivity contribution in [2.45, 2.75) is 18.4 Å². The number of hydrogen-bond acceptors (Lipinski definition) is 7. The van der Waals surface area contributed by atoms with Crippen LogP contribution in [-0.2, 0) is 16.4 Å². The fourth-order valence-corrected chi connectivity index (χ4v) is 4.94. The molecule has 164 valence electrons. The highest BCUT2D eigenvalue weighted by atomic mass is 32.2. The standard InChI is InChI=1S/C23H21N3O4S2/c1-15-7-12-19(30-2)20-21(15)31-23(25-20)26(14-17-6-4-5-13-24-17)22(27)16-8-10-18(11-9-16)32(3,28)29/h4-13H,14H2,1-3H3. The summed E-state index contributed by atoms with van der Waals surface area (Å²) in [6.45, 7) is 2.20. The van der Waals surface area contributed by atoms with Crippen molar-refractivity contribution in [3.8, 4) is 5.75 Å². The first kappa shape index (κ1) is 21.9. The van der Waals surface area contributed by atoms with Crippen molar-refractivity contribution in [2.24, 2.45) is 0 Å². The summed E-state index contributed by atoms with van der Waals surface area (Å²) in [7, 11) is -1.77. The van der Waals surface area contributed by atoms with Crippen LogP contribution in [0.5, 0.6) is 5.75 Å². The number of rotatable bonds is 6. The van der Waals surface area contributed by atoms with Gasteiger partial charge in [-0.15, -0.1) is 0 Å². The molecule has 32 heavy (non-hydrogen) atoms. The third-order valence-electron chi connectivity index (χ3n) is 4.96. The molecule has 2 aromatic heterocycles. The van der Waals surface area contributed by atoms with Crippen molar-refractivity contribution >= 4 is 42.4 Å². The normalized spacial score (nSPS) is 11.5. The molecule has 0 radical (unpaired) electrons. The fourth-order valence-electron chi connectivity index (χ4n) is 3.26. The average molecular weight is 468 g/mol. The summed E-state index contributed by atoms with van der Waals surface area (Å²) in [4.78, 5) is 24.3. The minimum absolute atomic E-state index is 0.158. The minimum Gasteiger partial charge on any atom is -0.494 e. The van der Waals surface area contributed by atoms with Gasteiger partial charge in [0.2, 0.25) is 0 Å². The molecule has 0 saturated carbocycles. The Morgan fingerprint density at radius 1 is 1.09 bits per heavy atom. The maximum Gasteiger partial charge on any atom is 0.260 e. The molecule has 9 heteroatoms. The second kappa shape index (κ2) is 8.68. The number of carbonyl (C=O) groups excluding carboxylic acids is 1. The lowest BCUT2D eigenvalue weighted by Crippen LogP contribution is -2.30. The SMILES string of the molecule is COc1ccc(C)c2sc(N(Cc3ccccn3)C(=O)c3ccc(S(C)(=O)=O)cc3)nc12. The number of hydrogen-bond donors (Lipinski definition) is 0. The number of sulfone groups is 1. The molecule has 0 bridgehead atoms. The molecule has 4 aromatic rings. The first-order valence-electron chi connectivity index (χ1n) is 9.74. The van der Waals surface area contributed by atoms with Crippen LogP contribution < -0.4 is 9.64 Å². The van der Waals surface area contributed by atoms with Gasteiger partial charge in [0.15, 0.2) is 15.0 Å². The van der Waals surface area contributed by atoms with Crippen LogP contribution in [0, 0.1) is 6.92 Å². The monoisotopic (exact) mass is 467 g/mol. The molecule has 0 saturated heterocycles. The van der Waals surface area contributed by atoms with E-state index in [2.05, 4.69) is 4.98 Å². The predicted octanol–water partition coefficient (Wildman–Crippen LogP) is 4.26. The zero-order valence-electron chi connectivity index (χ0n) is 17.8. The van der Waals surface area contributed by atoms with E-state index in [1.54, 1.807) is 18.2 Å².